The Morgan fingerprint density at radius 3 is 3.00 bits per heavy atom. The van der Waals surface area contributed by atoms with E-state index in [2.05, 4.69) is 0 Å². The molecule has 0 saturated heterocycles. The van der Waals surface area contributed by atoms with Gasteiger partial charge in [0.1, 0.15) is 11.5 Å². The monoisotopic (exact) mass is 165 g/mol. The van der Waals surface area contributed by atoms with Crippen molar-refractivity contribution in [3.05, 3.63) is 29.3 Å². The number of halogens is 1. The molecule has 62 valence electrons. The third-order valence-electron chi connectivity index (χ3n) is 1.88. The molecule has 0 radical (unpaired) electrons. The molecule has 3 heteroatoms. The van der Waals surface area contributed by atoms with Crippen LogP contribution in [0, 0.1) is 12.3 Å². The Morgan fingerprint density at radius 2 is 2.25 bits per heavy atom. The van der Waals surface area contributed by atoms with E-state index < -0.39 is 6.36 Å². The first-order chi connectivity index (χ1) is 5.68. The number of alkyl halides is 1. The van der Waals surface area contributed by atoms with Crippen molar-refractivity contribution >= 4 is 5.71 Å². The van der Waals surface area contributed by atoms with Gasteiger partial charge in [-0.1, -0.05) is 11.6 Å². The van der Waals surface area contributed by atoms with Crippen LogP contribution in [0.4, 0.5) is 4.39 Å². The number of ether oxygens (including phenoxy) is 1. The summed E-state index contributed by atoms with van der Waals surface area (Å²) >= 11 is 0. The maximum absolute atomic E-state index is 12.8. The van der Waals surface area contributed by atoms with Crippen molar-refractivity contribution in [1.29, 1.82) is 5.41 Å². The highest BCUT2D eigenvalue weighted by Crippen LogP contribution is 2.29. The van der Waals surface area contributed by atoms with Crippen molar-refractivity contribution < 1.29 is 9.13 Å². The summed E-state index contributed by atoms with van der Waals surface area (Å²) in [6, 6.07) is 5.29. The van der Waals surface area contributed by atoms with Crippen LogP contribution in [0.5, 0.6) is 5.75 Å². The Kier molecular flexibility index (Phi) is 1.40. The molecule has 1 aromatic carbocycles. The van der Waals surface area contributed by atoms with Gasteiger partial charge in [-0.05, 0) is 19.1 Å². The molecule has 0 fully saturated rings. The molecule has 0 amide bonds. The standard InChI is InChI=1S/C9H8FNO/c1-5-2-3-7-6(4-5)8(11)9(10)12-7/h2-4,9,11H,1H3. The summed E-state index contributed by atoms with van der Waals surface area (Å²) in [4.78, 5) is 0. The van der Waals surface area contributed by atoms with Gasteiger partial charge in [0.25, 0.3) is 6.36 Å². The van der Waals surface area contributed by atoms with E-state index >= 15 is 0 Å². The predicted molar refractivity (Wildman–Crippen MR) is 43.5 cm³/mol. The van der Waals surface area contributed by atoms with Crippen molar-refractivity contribution in [2.45, 2.75) is 13.3 Å². The predicted octanol–water partition coefficient (Wildman–Crippen LogP) is 2.05. The average Bonchev–Trinajstić information content (AvgIpc) is 2.31. The highest BCUT2D eigenvalue weighted by atomic mass is 19.1. The molecule has 1 atom stereocenters. The smallest absolute Gasteiger partial charge is 0.280 e. The molecule has 1 aliphatic heterocycles. The molecule has 0 saturated carbocycles. The molecule has 2 rings (SSSR count). The van der Waals surface area contributed by atoms with Crippen LogP contribution in [0.25, 0.3) is 0 Å². The van der Waals surface area contributed by atoms with E-state index in [0.29, 0.717) is 11.3 Å². The summed E-state index contributed by atoms with van der Waals surface area (Å²) in [7, 11) is 0. The summed E-state index contributed by atoms with van der Waals surface area (Å²) in [6.45, 7) is 1.90. The number of nitrogens with one attached hydrogen (secondary N) is 1. The van der Waals surface area contributed by atoms with Gasteiger partial charge >= 0.3 is 0 Å². The van der Waals surface area contributed by atoms with Crippen LogP contribution in [0.2, 0.25) is 0 Å². The summed E-state index contributed by atoms with van der Waals surface area (Å²) < 4.78 is 17.6. The van der Waals surface area contributed by atoms with Crippen LogP contribution < -0.4 is 4.74 Å². The maximum Gasteiger partial charge on any atom is 0.280 e. The third kappa shape index (κ3) is 0.897. The second-order valence-corrected chi connectivity index (χ2v) is 2.85. The van der Waals surface area contributed by atoms with Crippen molar-refractivity contribution in [1.82, 2.24) is 0 Å². The molecular formula is C9H8FNO. The van der Waals surface area contributed by atoms with Crippen LogP contribution in [0.3, 0.4) is 0 Å². The molecule has 1 heterocycles. The van der Waals surface area contributed by atoms with Gasteiger partial charge in [-0.2, -0.15) is 4.39 Å². The molecule has 2 nitrogen and oxygen atoms in total. The minimum absolute atomic E-state index is 0.0753. The Balaban J connectivity index is 2.56. The quantitative estimate of drug-likeness (QED) is 0.627. The first-order valence-electron chi connectivity index (χ1n) is 3.68. The first-order valence-corrected chi connectivity index (χ1v) is 3.68. The topological polar surface area (TPSA) is 33.1 Å². The van der Waals surface area contributed by atoms with Crippen LogP contribution in [-0.4, -0.2) is 12.1 Å². The fraction of sp³-hybridized carbons (Fsp3) is 0.222. The Labute approximate surface area is 69.5 Å². The number of benzene rings is 1. The van der Waals surface area contributed by atoms with Crippen molar-refractivity contribution in [2.24, 2.45) is 0 Å². The molecule has 0 bridgehead atoms. The van der Waals surface area contributed by atoms with Gasteiger partial charge in [0.15, 0.2) is 0 Å². The molecule has 1 aromatic rings. The van der Waals surface area contributed by atoms with Crippen LogP contribution >= 0.6 is 0 Å². The minimum Gasteiger partial charge on any atom is -0.454 e. The lowest BCUT2D eigenvalue weighted by Crippen LogP contribution is -2.12. The molecule has 0 aliphatic carbocycles. The van der Waals surface area contributed by atoms with Crippen LogP contribution in [0.15, 0.2) is 18.2 Å². The van der Waals surface area contributed by atoms with Crippen molar-refractivity contribution in [2.75, 3.05) is 0 Å². The number of fused-ring (bicyclic) bond motifs is 1. The largest absolute Gasteiger partial charge is 0.454 e. The molecule has 0 aromatic heterocycles. The Hall–Kier alpha value is -1.38. The number of hydrogen-bond acceptors (Lipinski definition) is 2. The summed E-state index contributed by atoms with van der Waals surface area (Å²) in [5.41, 5.74) is 1.51. The van der Waals surface area contributed by atoms with E-state index in [0.717, 1.165) is 5.56 Å². The maximum atomic E-state index is 12.8. The SMILES string of the molecule is Cc1ccc2c(c1)C(=N)C(F)O2. The molecular weight excluding hydrogens is 157 g/mol. The van der Waals surface area contributed by atoms with E-state index in [1.807, 2.05) is 13.0 Å². The lowest BCUT2D eigenvalue weighted by atomic mass is 10.1. The third-order valence-corrected chi connectivity index (χ3v) is 1.88. The second kappa shape index (κ2) is 2.30. The molecule has 0 spiro atoms. The molecule has 1 aliphatic rings. The van der Waals surface area contributed by atoms with E-state index in [1.54, 1.807) is 12.1 Å². The fourth-order valence-corrected chi connectivity index (χ4v) is 1.25. The molecule has 1 N–H and O–H groups in total. The van der Waals surface area contributed by atoms with Gasteiger partial charge < -0.3 is 4.74 Å². The van der Waals surface area contributed by atoms with E-state index in [9.17, 15) is 4.39 Å². The number of hydrogen-bond donors (Lipinski definition) is 1. The van der Waals surface area contributed by atoms with Gasteiger partial charge in [-0.15, -0.1) is 0 Å². The highest BCUT2D eigenvalue weighted by Gasteiger charge is 2.28. The number of rotatable bonds is 0. The normalized spacial score (nSPS) is 20.5. The average molecular weight is 165 g/mol. The van der Waals surface area contributed by atoms with E-state index in [4.69, 9.17) is 10.1 Å². The van der Waals surface area contributed by atoms with Gasteiger partial charge in [0.05, 0.1) is 0 Å². The van der Waals surface area contributed by atoms with E-state index in [1.165, 1.54) is 0 Å². The second-order valence-electron chi connectivity index (χ2n) is 2.85. The van der Waals surface area contributed by atoms with Gasteiger partial charge in [-0.3, -0.25) is 5.41 Å². The van der Waals surface area contributed by atoms with Crippen molar-refractivity contribution in [3.8, 4) is 5.75 Å². The summed E-state index contributed by atoms with van der Waals surface area (Å²) in [5, 5.41) is 7.33. The minimum atomic E-state index is -1.58. The lowest BCUT2D eigenvalue weighted by Gasteiger charge is -1.97. The van der Waals surface area contributed by atoms with Gasteiger partial charge in [0.2, 0.25) is 0 Å². The van der Waals surface area contributed by atoms with Gasteiger partial charge in [0, 0.05) is 5.56 Å². The summed E-state index contributed by atoms with van der Waals surface area (Å²) in [6.07, 6.45) is -1.58. The molecule has 12 heavy (non-hydrogen) atoms. The Morgan fingerprint density at radius 1 is 1.50 bits per heavy atom. The van der Waals surface area contributed by atoms with E-state index in [-0.39, 0.29) is 5.71 Å². The van der Waals surface area contributed by atoms with Gasteiger partial charge in [-0.25, -0.2) is 0 Å². The molecule has 1 unspecified atom stereocenters. The highest BCUT2D eigenvalue weighted by molar-refractivity contribution is 6.05. The fourth-order valence-electron chi connectivity index (χ4n) is 1.25. The zero-order valence-corrected chi connectivity index (χ0v) is 6.60. The first kappa shape index (κ1) is 7.28. The zero-order chi connectivity index (χ0) is 8.72. The van der Waals surface area contributed by atoms with Crippen molar-refractivity contribution in [3.63, 3.8) is 0 Å². The summed E-state index contributed by atoms with van der Waals surface area (Å²) in [5.74, 6) is 0.470. The zero-order valence-electron chi connectivity index (χ0n) is 6.60. The van der Waals surface area contributed by atoms with Crippen LogP contribution in [0.1, 0.15) is 11.1 Å². The number of aryl methyl sites for hydroxylation is 1. The van der Waals surface area contributed by atoms with Crippen LogP contribution in [-0.2, 0) is 0 Å². The Bertz CT molecular complexity index is 348. The lowest BCUT2D eigenvalue weighted by molar-refractivity contribution is 0.144.